The highest BCUT2D eigenvalue weighted by atomic mass is 35.5. The smallest absolute Gasteiger partial charge is 0.0967 e. The lowest BCUT2D eigenvalue weighted by atomic mass is 10.1. The summed E-state index contributed by atoms with van der Waals surface area (Å²) in [5.41, 5.74) is 0. The Labute approximate surface area is 90.9 Å². The van der Waals surface area contributed by atoms with E-state index < -0.39 is 0 Å². The van der Waals surface area contributed by atoms with E-state index in [-0.39, 0.29) is 5.34 Å². The maximum atomic E-state index is 5.89. The van der Waals surface area contributed by atoms with Crippen LogP contribution in [-0.4, -0.2) is 10.7 Å². The van der Waals surface area contributed by atoms with Crippen LogP contribution in [0.2, 0.25) is 0 Å². The molecule has 0 rings (SSSR count). The lowest BCUT2D eigenvalue weighted by Gasteiger charge is -2.02. The monoisotopic (exact) mass is 230 g/mol. The van der Waals surface area contributed by atoms with Crippen molar-refractivity contribution in [3.05, 3.63) is 12.7 Å². The Balaban J connectivity index is 0. The fourth-order valence-electron chi connectivity index (χ4n) is 0.724. The Morgan fingerprint density at radius 1 is 1.42 bits per heavy atom. The van der Waals surface area contributed by atoms with Gasteiger partial charge < -0.3 is 0 Å². The molecule has 0 amide bonds. The van der Waals surface area contributed by atoms with Gasteiger partial charge in [-0.1, -0.05) is 25.8 Å². The van der Waals surface area contributed by atoms with E-state index in [2.05, 4.69) is 13.5 Å². The molecule has 0 heterocycles. The average molecular weight is 232 g/mol. The first-order valence-electron chi connectivity index (χ1n) is 4.09. The Morgan fingerprint density at radius 3 is 2.25 bits per heavy atom. The molecule has 0 aromatic heterocycles. The van der Waals surface area contributed by atoms with Gasteiger partial charge in [-0.05, 0) is 12.8 Å². The molecule has 0 saturated carbocycles. The molecule has 1 atom stereocenters. The Hall–Kier alpha value is 0.610. The SMILES string of the molecule is C=CCC(Cl)CCCC.ClCCl. The molecule has 0 aliphatic rings. The fraction of sp³-hybridized carbons (Fsp3) is 0.778. The first-order chi connectivity index (χ1) is 5.72. The van der Waals surface area contributed by atoms with Gasteiger partial charge in [-0.25, -0.2) is 0 Å². The Bertz CT molecular complexity index is 83.8. The summed E-state index contributed by atoms with van der Waals surface area (Å²) >= 11 is 15.4. The molecular weight excluding hydrogens is 214 g/mol. The summed E-state index contributed by atoms with van der Waals surface area (Å²) in [5.74, 6) is 0. The van der Waals surface area contributed by atoms with Gasteiger partial charge in [0.05, 0.1) is 5.34 Å². The number of unbranched alkanes of at least 4 members (excludes halogenated alkanes) is 1. The van der Waals surface area contributed by atoms with Crippen molar-refractivity contribution in [2.45, 2.75) is 38.0 Å². The van der Waals surface area contributed by atoms with E-state index in [0.29, 0.717) is 5.38 Å². The van der Waals surface area contributed by atoms with E-state index in [9.17, 15) is 0 Å². The van der Waals surface area contributed by atoms with Crippen molar-refractivity contribution in [2.75, 3.05) is 5.34 Å². The summed E-state index contributed by atoms with van der Waals surface area (Å²) in [5, 5.41) is 0.516. The molecule has 3 heteroatoms. The molecule has 0 spiro atoms. The van der Waals surface area contributed by atoms with Crippen molar-refractivity contribution in [3.8, 4) is 0 Å². The molecule has 0 saturated heterocycles. The second-order valence-electron chi connectivity index (χ2n) is 2.36. The molecule has 74 valence electrons. The van der Waals surface area contributed by atoms with E-state index in [1.165, 1.54) is 12.8 Å². The van der Waals surface area contributed by atoms with Crippen molar-refractivity contribution in [3.63, 3.8) is 0 Å². The standard InChI is InChI=1S/C8H15Cl.CH2Cl2/c1-3-5-7-8(9)6-4-2;2-1-3/h4,8H,2-3,5-7H2,1H3;1H2. The van der Waals surface area contributed by atoms with Gasteiger partial charge in [-0.2, -0.15) is 0 Å². The molecule has 0 aromatic rings. The summed E-state index contributed by atoms with van der Waals surface area (Å²) < 4.78 is 0. The van der Waals surface area contributed by atoms with E-state index in [0.717, 1.165) is 12.8 Å². The zero-order valence-electron chi connectivity index (χ0n) is 7.53. The van der Waals surface area contributed by atoms with Gasteiger partial charge in [0.25, 0.3) is 0 Å². The third-order valence-electron chi connectivity index (χ3n) is 1.29. The van der Waals surface area contributed by atoms with Crippen molar-refractivity contribution in [1.82, 2.24) is 0 Å². The zero-order chi connectivity index (χ0) is 9.82. The van der Waals surface area contributed by atoms with E-state index in [4.69, 9.17) is 34.8 Å². The molecule has 0 radical (unpaired) electrons. The van der Waals surface area contributed by atoms with Gasteiger partial charge in [0.2, 0.25) is 0 Å². The quantitative estimate of drug-likeness (QED) is 0.472. The lowest BCUT2D eigenvalue weighted by Crippen LogP contribution is -1.94. The van der Waals surface area contributed by atoms with Gasteiger partial charge in [-0.15, -0.1) is 41.4 Å². The topological polar surface area (TPSA) is 0 Å². The molecule has 1 unspecified atom stereocenters. The predicted molar refractivity (Wildman–Crippen MR) is 60.6 cm³/mol. The van der Waals surface area contributed by atoms with Gasteiger partial charge in [0.15, 0.2) is 0 Å². The summed E-state index contributed by atoms with van der Waals surface area (Å²) in [7, 11) is 0. The van der Waals surface area contributed by atoms with Crippen LogP contribution >= 0.6 is 34.8 Å². The number of hydrogen-bond acceptors (Lipinski definition) is 0. The number of allylic oxidation sites excluding steroid dienone is 1. The molecule has 0 N–H and O–H groups in total. The average Bonchev–Trinajstić information content (AvgIpc) is 2.03. The highest BCUT2D eigenvalue weighted by molar-refractivity contribution is 6.40. The van der Waals surface area contributed by atoms with Crippen LogP contribution in [0.1, 0.15) is 32.6 Å². The Morgan fingerprint density at radius 2 is 1.92 bits per heavy atom. The lowest BCUT2D eigenvalue weighted by molar-refractivity contribution is 0.682. The van der Waals surface area contributed by atoms with Gasteiger partial charge >= 0.3 is 0 Å². The summed E-state index contributed by atoms with van der Waals surface area (Å²) in [4.78, 5) is 0. The molecule has 0 fully saturated rings. The van der Waals surface area contributed by atoms with Crippen molar-refractivity contribution < 1.29 is 0 Å². The zero-order valence-corrected chi connectivity index (χ0v) is 9.80. The second-order valence-corrected chi connectivity index (χ2v) is 3.79. The molecular formula is C9H17Cl3. The minimum absolute atomic E-state index is 0.194. The van der Waals surface area contributed by atoms with E-state index in [1.807, 2.05) is 6.08 Å². The summed E-state index contributed by atoms with van der Waals surface area (Å²) in [6.45, 7) is 5.80. The number of rotatable bonds is 5. The minimum Gasteiger partial charge on any atom is -0.123 e. The van der Waals surface area contributed by atoms with Crippen LogP contribution in [0.3, 0.4) is 0 Å². The molecule has 0 nitrogen and oxygen atoms in total. The molecule has 0 bridgehead atoms. The number of alkyl halides is 3. The molecule has 0 aromatic carbocycles. The van der Waals surface area contributed by atoms with Crippen LogP contribution in [-0.2, 0) is 0 Å². The van der Waals surface area contributed by atoms with Crippen molar-refractivity contribution >= 4 is 34.8 Å². The largest absolute Gasteiger partial charge is 0.123 e. The van der Waals surface area contributed by atoms with Crippen LogP contribution in [0.4, 0.5) is 0 Å². The normalized spacial score (nSPS) is 11.3. The Kier molecular flexibility index (Phi) is 17.8. The second kappa shape index (κ2) is 14.2. The highest BCUT2D eigenvalue weighted by Crippen LogP contribution is 2.10. The molecule has 12 heavy (non-hydrogen) atoms. The van der Waals surface area contributed by atoms with Crippen LogP contribution in [0.25, 0.3) is 0 Å². The maximum Gasteiger partial charge on any atom is 0.0967 e. The van der Waals surface area contributed by atoms with Crippen molar-refractivity contribution in [2.24, 2.45) is 0 Å². The minimum atomic E-state index is 0.194. The van der Waals surface area contributed by atoms with Crippen LogP contribution in [0.5, 0.6) is 0 Å². The first kappa shape index (κ1) is 15.1. The fourth-order valence-corrected chi connectivity index (χ4v) is 1.00. The van der Waals surface area contributed by atoms with E-state index >= 15 is 0 Å². The first-order valence-corrected chi connectivity index (χ1v) is 5.60. The van der Waals surface area contributed by atoms with Crippen molar-refractivity contribution in [1.29, 1.82) is 0 Å². The molecule has 0 aliphatic heterocycles. The predicted octanol–water partition coefficient (Wildman–Crippen LogP) is 4.78. The molecule has 0 aliphatic carbocycles. The number of halogens is 3. The van der Waals surface area contributed by atoms with Crippen LogP contribution in [0.15, 0.2) is 12.7 Å². The third-order valence-corrected chi connectivity index (χ3v) is 1.69. The van der Waals surface area contributed by atoms with E-state index in [1.54, 1.807) is 0 Å². The highest BCUT2D eigenvalue weighted by Gasteiger charge is 1.98. The summed E-state index contributed by atoms with van der Waals surface area (Å²) in [6.07, 6.45) is 6.43. The maximum absolute atomic E-state index is 5.89. The van der Waals surface area contributed by atoms with Gasteiger partial charge in [0.1, 0.15) is 0 Å². The van der Waals surface area contributed by atoms with Crippen LogP contribution in [0, 0.1) is 0 Å². The summed E-state index contributed by atoms with van der Waals surface area (Å²) in [6, 6.07) is 0. The van der Waals surface area contributed by atoms with Gasteiger partial charge in [-0.3, -0.25) is 0 Å². The van der Waals surface area contributed by atoms with Gasteiger partial charge in [0, 0.05) is 5.38 Å². The number of hydrogen-bond donors (Lipinski definition) is 0. The van der Waals surface area contributed by atoms with Crippen LogP contribution < -0.4 is 0 Å². The third kappa shape index (κ3) is 16.9.